The number of fused-ring (bicyclic) bond motifs is 1. The second-order valence-electron chi connectivity index (χ2n) is 6.22. The maximum Gasteiger partial charge on any atom is 0.312 e. The van der Waals surface area contributed by atoms with Crippen LogP contribution in [0, 0.1) is 6.92 Å². The number of hydrogen-bond donors (Lipinski definition) is 2. The Labute approximate surface area is 149 Å². The van der Waals surface area contributed by atoms with Gasteiger partial charge >= 0.3 is 5.97 Å². The van der Waals surface area contributed by atoms with E-state index in [9.17, 15) is 9.59 Å². The van der Waals surface area contributed by atoms with Crippen LogP contribution in [-0.4, -0.2) is 28.3 Å². The van der Waals surface area contributed by atoms with Crippen molar-refractivity contribution in [2.75, 3.05) is 7.11 Å². The molecule has 7 nitrogen and oxygen atoms in total. The van der Waals surface area contributed by atoms with E-state index in [-0.39, 0.29) is 17.9 Å². The number of aromatic nitrogens is 3. The van der Waals surface area contributed by atoms with Gasteiger partial charge in [0, 0.05) is 28.8 Å². The number of rotatable bonds is 3. The van der Waals surface area contributed by atoms with Crippen LogP contribution >= 0.6 is 0 Å². The molecule has 0 saturated carbocycles. The molecule has 1 aliphatic heterocycles. The average Bonchev–Trinajstić information content (AvgIpc) is 3.10. The number of esters is 1. The third-order valence-corrected chi connectivity index (χ3v) is 4.53. The normalized spacial score (nSPS) is 16.1. The first-order chi connectivity index (χ1) is 12.6. The minimum Gasteiger partial charge on any atom is -0.497 e. The van der Waals surface area contributed by atoms with Crippen LogP contribution in [0.2, 0.25) is 0 Å². The molecule has 7 heteroatoms. The van der Waals surface area contributed by atoms with Gasteiger partial charge in [-0.3, -0.25) is 14.7 Å². The van der Waals surface area contributed by atoms with Gasteiger partial charge in [-0.2, -0.15) is 5.10 Å². The van der Waals surface area contributed by atoms with Gasteiger partial charge in [-0.05, 0) is 31.2 Å². The van der Waals surface area contributed by atoms with Crippen LogP contribution in [0.3, 0.4) is 0 Å². The minimum atomic E-state index is -0.425. The highest BCUT2D eigenvalue weighted by atomic mass is 16.5. The van der Waals surface area contributed by atoms with Crippen LogP contribution in [0.4, 0.5) is 0 Å². The first-order valence-corrected chi connectivity index (χ1v) is 8.19. The Kier molecular flexibility index (Phi) is 3.84. The van der Waals surface area contributed by atoms with Crippen LogP contribution in [0.15, 0.2) is 41.3 Å². The fraction of sp³-hybridized carbons (Fsp3) is 0.211. The molecule has 0 unspecified atom stereocenters. The van der Waals surface area contributed by atoms with Gasteiger partial charge in [0.05, 0.1) is 31.0 Å². The van der Waals surface area contributed by atoms with E-state index in [0.29, 0.717) is 17.0 Å². The summed E-state index contributed by atoms with van der Waals surface area (Å²) in [6.45, 7) is 1.75. The van der Waals surface area contributed by atoms with Crippen molar-refractivity contribution in [2.24, 2.45) is 0 Å². The zero-order chi connectivity index (χ0) is 18.3. The summed E-state index contributed by atoms with van der Waals surface area (Å²) in [5.74, 6) is 0.267. The van der Waals surface area contributed by atoms with Crippen LogP contribution < -0.4 is 15.0 Å². The number of hydrogen-bond acceptors (Lipinski definition) is 5. The summed E-state index contributed by atoms with van der Waals surface area (Å²) in [6.07, 6.45) is 1.74. The van der Waals surface area contributed by atoms with E-state index in [1.54, 1.807) is 26.3 Å². The molecule has 0 spiro atoms. The van der Waals surface area contributed by atoms with Gasteiger partial charge in [-0.25, -0.2) is 0 Å². The number of benzene rings is 1. The molecule has 2 N–H and O–H groups in total. The predicted octanol–water partition coefficient (Wildman–Crippen LogP) is 2.52. The highest BCUT2D eigenvalue weighted by Gasteiger charge is 2.33. The van der Waals surface area contributed by atoms with Crippen LogP contribution in [-0.2, 0) is 4.79 Å². The number of nitrogens with zero attached hydrogens (tertiary/aromatic N) is 1. The fourth-order valence-electron chi connectivity index (χ4n) is 3.33. The maximum atomic E-state index is 12.5. The van der Waals surface area contributed by atoms with Crippen molar-refractivity contribution >= 4 is 5.97 Å². The number of H-pyrrole nitrogens is 2. The summed E-state index contributed by atoms with van der Waals surface area (Å²) in [5.41, 5.74) is 3.28. The topological polar surface area (TPSA) is 97.1 Å². The van der Waals surface area contributed by atoms with Crippen molar-refractivity contribution < 1.29 is 14.3 Å². The Balaban J connectivity index is 1.84. The lowest BCUT2D eigenvalue weighted by Crippen LogP contribution is -2.28. The Hall–Kier alpha value is -3.35. The molecule has 0 fully saturated rings. The van der Waals surface area contributed by atoms with Crippen molar-refractivity contribution in [3.8, 4) is 22.8 Å². The number of aryl methyl sites for hydroxylation is 1. The first-order valence-electron chi connectivity index (χ1n) is 8.19. The second-order valence-corrected chi connectivity index (χ2v) is 6.22. The van der Waals surface area contributed by atoms with E-state index in [4.69, 9.17) is 9.47 Å². The summed E-state index contributed by atoms with van der Waals surface area (Å²) < 4.78 is 10.5. The Bertz CT molecular complexity index is 1030. The molecule has 132 valence electrons. The molecule has 2 aromatic heterocycles. The number of carbonyl (C=O) groups is 1. The number of aromatic amines is 2. The maximum absolute atomic E-state index is 12.5. The largest absolute Gasteiger partial charge is 0.497 e. The summed E-state index contributed by atoms with van der Waals surface area (Å²) in [5, 5.41) is 7.12. The standard InChI is InChI=1S/C19H17N3O4/c1-10-7-15-17(19(24)21-10)13(8-16(23)26-15)14-9-20-22-18(14)11-3-5-12(25-2)6-4-11/h3-7,9,13H,8H2,1-2H3,(H,20,22)(H,21,24)/t13-/m1/s1. The monoisotopic (exact) mass is 351 g/mol. The van der Waals surface area contributed by atoms with E-state index in [1.807, 2.05) is 24.3 Å². The molecule has 1 aliphatic rings. The van der Waals surface area contributed by atoms with Gasteiger partial charge in [-0.15, -0.1) is 0 Å². The zero-order valence-electron chi connectivity index (χ0n) is 14.3. The van der Waals surface area contributed by atoms with Crippen molar-refractivity contribution in [2.45, 2.75) is 19.3 Å². The molecule has 26 heavy (non-hydrogen) atoms. The molecule has 3 heterocycles. The molecule has 0 amide bonds. The number of pyridine rings is 1. The summed E-state index contributed by atoms with van der Waals surface area (Å²) >= 11 is 0. The third-order valence-electron chi connectivity index (χ3n) is 4.53. The number of methoxy groups -OCH3 is 1. The SMILES string of the molecule is COc1ccc(-c2[nH]ncc2[C@H]2CC(=O)Oc3cc(C)[nH]c(=O)c32)cc1. The van der Waals surface area contributed by atoms with E-state index in [1.165, 1.54) is 0 Å². The highest BCUT2D eigenvalue weighted by molar-refractivity contribution is 5.79. The van der Waals surface area contributed by atoms with Gasteiger partial charge in [0.15, 0.2) is 0 Å². The van der Waals surface area contributed by atoms with Crippen molar-refractivity contribution in [1.82, 2.24) is 15.2 Å². The van der Waals surface area contributed by atoms with E-state index in [0.717, 1.165) is 22.6 Å². The molecular weight excluding hydrogens is 334 g/mol. The minimum absolute atomic E-state index is 0.0851. The van der Waals surface area contributed by atoms with Crippen molar-refractivity contribution in [3.63, 3.8) is 0 Å². The molecule has 0 bridgehead atoms. The lowest BCUT2D eigenvalue weighted by Gasteiger charge is -2.24. The van der Waals surface area contributed by atoms with Gasteiger partial charge in [0.1, 0.15) is 11.5 Å². The van der Waals surface area contributed by atoms with Crippen LogP contribution in [0.5, 0.6) is 11.5 Å². The molecule has 0 aliphatic carbocycles. The van der Waals surface area contributed by atoms with Crippen molar-refractivity contribution in [1.29, 1.82) is 0 Å². The van der Waals surface area contributed by atoms with E-state index >= 15 is 0 Å². The summed E-state index contributed by atoms with van der Waals surface area (Å²) in [6, 6.07) is 9.17. The van der Waals surface area contributed by atoms with Gasteiger partial charge in [0.25, 0.3) is 5.56 Å². The van der Waals surface area contributed by atoms with E-state index < -0.39 is 5.92 Å². The van der Waals surface area contributed by atoms with Gasteiger partial charge < -0.3 is 14.5 Å². The zero-order valence-corrected chi connectivity index (χ0v) is 14.3. The third kappa shape index (κ3) is 2.67. The molecule has 3 aromatic rings. The molecule has 0 saturated heterocycles. The molecule has 0 radical (unpaired) electrons. The fourth-order valence-corrected chi connectivity index (χ4v) is 3.33. The van der Waals surface area contributed by atoms with Gasteiger partial charge in [-0.1, -0.05) is 0 Å². The number of carbonyl (C=O) groups excluding carboxylic acids is 1. The average molecular weight is 351 g/mol. The molecule has 4 rings (SSSR count). The first kappa shape index (κ1) is 16.1. The van der Waals surface area contributed by atoms with Gasteiger partial charge in [0.2, 0.25) is 0 Å². The lowest BCUT2D eigenvalue weighted by molar-refractivity contribution is -0.135. The Morgan fingerprint density at radius 3 is 2.73 bits per heavy atom. The summed E-state index contributed by atoms with van der Waals surface area (Å²) in [4.78, 5) is 27.4. The molecule has 1 aromatic carbocycles. The number of ether oxygens (including phenoxy) is 2. The smallest absolute Gasteiger partial charge is 0.312 e. The Morgan fingerprint density at radius 1 is 1.23 bits per heavy atom. The van der Waals surface area contributed by atoms with Crippen LogP contribution in [0.25, 0.3) is 11.3 Å². The lowest BCUT2D eigenvalue weighted by atomic mass is 9.86. The highest BCUT2D eigenvalue weighted by Crippen LogP contribution is 2.40. The van der Waals surface area contributed by atoms with E-state index in [2.05, 4.69) is 15.2 Å². The van der Waals surface area contributed by atoms with Crippen molar-refractivity contribution in [3.05, 3.63) is 63.7 Å². The predicted molar refractivity (Wildman–Crippen MR) is 94.5 cm³/mol. The van der Waals surface area contributed by atoms with Crippen LogP contribution in [0.1, 0.15) is 29.2 Å². The second kappa shape index (κ2) is 6.18. The Morgan fingerprint density at radius 2 is 2.00 bits per heavy atom. The summed E-state index contributed by atoms with van der Waals surface area (Å²) in [7, 11) is 1.61. The molecule has 1 atom stereocenters. The quantitative estimate of drug-likeness (QED) is 0.707. The molecular formula is C19H17N3O4. The number of nitrogens with one attached hydrogen (secondary N) is 2.